The van der Waals surface area contributed by atoms with Gasteiger partial charge in [0.05, 0.1) is 17.5 Å². The van der Waals surface area contributed by atoms with E-state index in [0.717, 1.165) is 22.5 Å². The zero-order valence-corrected chi connectivity index (χ0v) is 14.4. The van der Waals surface area contributed by atoms with Crippen LogP contribution in [0.5, 0.6) is 0 Å². The van der Waals surface area contributed by atoms with Crippen molar-refractivity contribution in [1.82, 2.24) is 15.1 Å². The molecule has 0 saturated heterocycles. The van der Waals surface area contributed by atoms with E-state index >= 15 is 0 Å². The molecule has 3 aromatic rings. The number of benzene rings is 2. The maximum absolute atomic E-state index is 13.2. The van der Waals surface area contributed by atoms with Gasteiger partial charge in [-0.05, 0) is 38.1 Å². The van der Waals surface area contributed by atoms with E-state index in [4.69, 9.17) is 5.10 Å². The molecule has 0 spiro atoms. The van der Waals surface area contributed by atoms with Crippen LogP contribution in [0, 0.1) is 12.7 Å². The van der Waals surface area contributed by atoms with Gasteiger partial charge in [0.15, 0.2) is 0 Å². The second-order valence-electron chi connectivity index (χ2n) is 6.27. The Bertz CT molecular complexity index is 823. The third-order valence-corrected chi connectivity index (χ3v) is 3.96. The number of halogens is 1. The number of aliphatic hydroxyl groups excluding tert-OH is 1. The number of aryl methyl sites for hydroxylation is 1. The van der Waals surface area contributed by atoms with Crippen LogP contribution in [0.2, 0.25) is 0 Å². The fraction of sp³-hybridized carbons (Fsp3) is 0.250. The Balaban J connectivity index is 1.95. The molecule has 0 radical (unpaired) electrons. The highest BCUT2D eigenvalue weighted by atomic mass is 19.1. The second-order valence-corrected chi connectivity index (χ2v) is 6.27. The van der Waals surface area contributed by atoms with Crippen molar-refractivity contribution in [2.24, 2.45) is 0 Å². The summed E-state index contributed by atoms with van der Waals surface area (Å²) >= 11 is 0. The van der Waals surface area contributed by atoms with Crippen molar-refractivity contribution < 1.29 is 9.50 Å². The van der Waals surface area contributed by atoms with Crippen LogP contribution in [0.25, 0.3) is 16.9 Å². The van der Waals surface area contributed by atoms with Gasteiger partial charge in [-0.3, -0.25) is 0 Å². The van der Waals surface area contributed by atoms with Crippen molar-refractivity contribution in [3.05, 3.63) is 71.7 Å². The quantitative estimate of drug-likeness (QED) is 0.723. The molecule has 2 N–H and O–H groups in total. The summed E-state index contributed by atoms with van der Waals surface area (Å²) in [6.07, 6.45) is 1.53. The molecule has 130 valence electrons. The minimum absolute atomic E-state index is 0.270. The number of nitrogens with one attached hydrogen (secondary N) is 1. The van der Waals surface area contributed by atoms with Crippen molar-refractivity contribution in [3.63, 3.8) is 0 Å². The van der Waals surface area contributed by atoms with Gasteiger partial charge < -0.3 is 10.4 Å². The van der Waals surface area contributed by atoms with Crippen molar-refractivity contribution in [1.29, 1.82) is 0 Å². The molecule has 1 atom stereocenters. The first kappa shape index (κ1) is 17.3. The molecule has 0 bridgehead atoms. The van der Waals surface area contributed by atoms with Gasteiger partial charge in [-0.15, -0.1) is 0 Å². The fourth-order valence-corrected chi connectivity index (χ4v) is 2.64. The van der Waals surface area contributed by atoms with Crippen LogP contribution in [-0.4, -0.2) is 27.5 Å². The standard InChI is InChI=1S/C20H22FN3O/c1-14-3-5-16(6-4-14)20-17(12-22-11-15(2)25)13-24(23-20)19-9-7-18(21)8-10-19/h3-10,13,15,22,25H,11-12H2,1-2H3. The summed E-state index contributed by atoms with van der Waals surface area (Å²) < 4.78 is 14.9. The lowest BCUT2D eigenvalue weighted by molar-refractivity contribution is 0.191. The molecule has 0 aliphatic carbocycles. The molecule has 5 heteroatoms. The predicted octanol–water partition coefficient (Wildman–Crippen LogP) is 3.46. The smallest absolute Gasteiger partial charge is 0.123 e. The van der Waals surface area contributed by atoms with Gasteiger partial charge >= 0.3 is 0 Å². The minimum atomic E-state index is -0.407. The predicted molar refractivity (Wildman–Crippen MR) is 97.1 cm³/mol. The number of aromatic nitrogens is 2. The van der Waals surface area contributed by atoms with E-state index in [0.29, 0.717) is 13.1 Å². The maximum atomic E-state index is 13.2. The maximum Gasteiger partial charge on any atom is 0.123 e. The average Bonchev–Trinajstić information content (AvgIpc) is 3.00. The van der Waals surface area contributed by atoms with Crippen LogP contribution in [0.15, 0.2) is 54.7 Å². The number of aliphatic hydroxyl groups is 1. The molecule has 4 nitrogen and oxygen atoms in total. The van der Waals surface area contributed by atoms with Crippen LogP contribution in [0.3, 0.4) is 0 Å². The number of hydrogen-bond acceptors (Lipinski definition) is 3. The second kappa shape index (κ2) is 7.59. The third-order valence-electron chi connectivity index (χ3n) is 3.96. The highest BCUT2D eigenvalue weighted by molar-refractivity contribution is 5.63. The zero-order chi connectivity index (χ0) is 17.8. The van der Waals surface area contributed by atoms with Gasteiger partial charge in [0.25, 0.3) is 0 Å². The molecule has 25 heavy (non-hydrogen) atoms. The highest BCUT2D eigenvalue weighted by Gasteiger charge is 2.12. The molecular formula is C20H22FN3O. The first-order chi connectivity index (χ1) is 12.0. The lowest BCUT2D eigenvalue weighted by Gasteiger charge is -2.07. The molecule has 0 saturated carbocycles. The first-order valence-corrected chi connectivity index (χ1v) is 8.33. The Morgan fingerprint density at radius 2 is 1.80 bits per heavy atom. The van der Waals surface area contributed by atoms with Gasteiger partial charge in [-0.1, -0.05) is 29.8 Å². The molecule has 1 aromatic heterocycles. The number of hydrogen-bond donors (Lipinski definition) is 2. The molecule has 1 heterocycles. The molecule has 2 aromatic carbocycles. The Morgan fingerprint density at radius 1 is 1.12 bits per heavy atom. The molecule has 0 aliphatic heterocycles. The molecule has 0 amide bonds. The monoisotopic (exact) mass is 339 g/mol. The summed E-state index contributed by atoms with van der Waals surface area (Å²) in [6, 6.07) is 14.5. The van der Waals surface area contributed by atoms with E-state index in [1.54, 1.807) is 23.7 Å². The van der Waals surface area contributed by atoms with Gasteiger partial charge in [0, 0.05) is 30.4 Å². The average molecular weight is 339 g/mol. The SMILES string of the molecule is Cc1ccc(-c2nn(-c3ccc(F)cc3)cc2CNCC(C)O)cc1. The largest absolute Gasteiger partial charge is 0.392 e. The number of nitrogens with zero attached hydrogens (tertiary/aromatic N) is 2. The van der Waals surface area contributed by atoms with Gasteiger partial charge in [0.2, 0.25) is 0 Å². The zero-order valence-electron chi connectivity index (χ0n) is 14.4. The summed E-state index contributed by atoms with van der Waals surface area (Å²) in [7, 11) is 0. The summed E-state index contributed by atoms with van der Waals surface area (Å²) in [4.78, 5) is 0. The Kier molecular flexibility index (Phi) is 5.26. The van der Waals surface area contributed by atoms with Crippen molar-refractivity contribution >= 4 is 0 Å². The highest BCUT2D eigenvalue weighted by Crippen LogP contribution is 2.24. The summed E-state index contributed by atoms with van der Waals surface area (Å²) in [5.41, 5.74) is 4.92. The number of rotatable bonds is 6. The van der Waals surface area contributed by atoms with Gasteiger partial charge in [0.1, 0.15) is 5.82 Å². The molecule has 0 fully saturated rings. The van der Waals surface area contributed by atoms with Crippen LogP contribution < -0.4 is 5.32 Å². The Labute approximate surface area is 146 Å². The normalized spacial score (nSPS) is 12.3. The lowest BCUT2D eigenvalue weighted by atomic mass is 10.1. The Hall–Kier alpha value is -2.50. The van der Waals surface area contributed by atoms with Crippen LogP contribution in [0.4, 0.5) is 4.39 Å². The van der Waals surface area contributed by atoms with E-state index in [2.05, 4.69) is 17.4 Å². The Morgan fingerprint density at radius 3 is 2.44 bits per heavy atom. The summed E-state index contributed by atoms with van der Waals surface area (Å²) in [6.45, 7) is 4.90. The minimum Gasteiger partial charge on any atom is -0.392 e. The van der Waals surface area contributed by atoms with Crippen LogP contribution in [0.1, 0.15) is 18.1 Å². The topological polar surface area (TPSA) is 50.1 Å². The van der Waals surface area contributed by atoms with E-state index in [1.807, 2.05) is 25.3 Å². The van der Waals surface area contributed by atoms with Crippen LogP contribution in [-0.2, 0) is 6.54 Å². The van der Waals surface area contributed by atoms with E-state index in [-0.39, 0.29) is 5.82 Å². The lowest BCUT2D eigenvalue weighted by Crippen LogP contribution is -2.23. The van der Waals surface area contributed by atoms with Gasteiger partial charge in [-0.25, -0.2) is 9.07 Å². The first-order valence-electron chi connectivity index (χ1n) is 8.33. The molecule has 3 rings (SSSR count). The van der Waals surface area contributed by atoms with E-state index in [1.165, 1.54) is 17.7 Å². The summed E-state index contributed by atoms with van der Waals surface area (Å²) in [5.74, 6) is -0.270. The van der Waals surface area contributed by atoms with Gasteiger partial charge in [-0.2, -0.15) is 5.10 Å². The molecule has 0 aliphatic rings. The van der Waals surface area contributed by atoms with Crippen molar-refractivity contribution in [3.8, 4) is 16.9 Å². The van der Waals surface area contributed by atoms with Crippen molar-refractivity contribution in [2.45, 2.75) is 26.5 Å². The molecular weight excluding hydrogens is 317 g/mol. The summed E-state index contributed by atoms with van der Waals surface area (Å²) in [5, 5.41) is 17.4. The third kappa shape index (κ3) is 4.32. The van der Waals surface area contributed by atoms with E-state index in [9.17, 15) is 9.50 Å². The molecule has 1 unspecified atom stereocenters. The fourth-order valence-electron chi connectivity index (χ4n) is 2.64. The van der Waals surface area contributed by atoms with Crippen molar-refractivity contribution in [2.75, 3.05) is 6.54 Å². The van der Waals surface area contributed by atoms with Crippen LogP contribution >= 0.6 is 0 Å². The van der Waals surface area contributed by atoms with E-state index < -0.39 is 6.10 Å².